The van der Waals surface area contributed by atoms with E-state index < -0.39 is 0 Å². The predicted octanol–water partition coefficient (Wildman–Crippen LogP) is 4.05. The van der Waals surface area contributed by atoms with Crippen LogP contribution in [0.1, 0.15) is 44.2 Å². The van der Waals surface area contributed by atoms with E-state index in [1.165, 1.54) is 18.9 Å². The first-order valence-electron chi connectivity index (χ1n) is 8.52. The molecule has 5 nitrogen and oxygen atoms in total. The lowest BCUT2D eigenvalue weighted by molar-refractivity contribution is -0.111. The van der Waals surface area contributed by atoms with E-state index >= 15 is 0 Å². The Morgan fingerprint density at radius 2 is 2.12 bits per heavy atom. The molecule has 0 bridgehead atoms. The van der Waals surface area contributed by atoms with E-state index in [4.69, 9.17) is 4.74 Å². The Morgan fingerprint density at radius 1 is 1.33 bits per heavy atom. The van der Waals surface area contributed by atoms with Gasteiger partial charge in [-0.05, 0) is 31.9 Å². The number of para-hydroxylation sites is 1. The van der Waals surface area contributed by atoms with Crippen molar-refractivity contribution < 1.29 is 9.53 Å². The zero-order chi connectivity index (χ0) is 16.8. The van der Waals surface area contributed by atoms with E-state index in [1.807, 2.05) is 41.9 Å². The van der Waals surface area contributed by atoms with E-state index in [0.717, 1.165) is 30.0 Å². The minimum atomic E-state index is -0.166. The van der Waals surface area contributed by atoms with Crippen molar-refractivity contribution in [1.82, 2.24) is 9.78 Å². The molecule has 1 heterocycles. The zero-order valence-electron chi connectivity index (χ0n) is 13.9. The highest BCUT2D eigenvalue weighted by Crippen LogP contribution is 2.31. The molecule has 1 amide bonds. The molecule has 0 radical (unpaired) electrons. The molecule has 1 aliphatic carbocycles. The molecule has 1 aromatic heterocycles. The van der Waals surface area contributed by atoms with Crippen LogP contribution in [-0.4, -0.2) is 22.3 Å². The molecule has 2 aromatic rings. The van der Waals surface area contributed by atoms with Gasteiger partial charge in [0.15, 0.2) is 0 Å². The maximum Gasteiger partial charge on any atom is 0.249 e. The summed E-state index contributed by atoms with van der Waals surface area (Å²) in [5.74, 6) is 1.37. The molecule has 3 rings (SSSR count). The number of rotatable bonds is 6. The van der Waals surface area contributed by atoms with Crippen LogP contribution >= 0.6 is 0 Å². The molecular formula is C19H23N3O2. The molecule has 0 atom stereocenters. The molecule has 1 aliphatic rings. The van der Waals surface area contributed by atoms with Crippen molar-refractivity contribution in [2.45, 2.75) is 38.6 Å². The number of nitrogens with zero attached hydrogens (tertiary/aromatic N) is 2. The topological polar surface area (TPSA) is 56.1 Å². The molecule has 0 unspecified atom stereocenters. The molecule has 0 aliphatic heterocycles. The summed E-state index contributed by atoms with van der Waals surface area (Å²) in [7, 11) is 0. The number of hydrogen-bond acceptors (Lipinski definition) is 3. The van der Waals surface area contributed by atoms with E-state index in [9.17, 15) is 4.79 Å². The number of anilines is 1. The summed E-state index contributed by atoms with van der Waals surface area (Å²) in [6.07, 6.45) is 9.75. The molecule has 0 saturated heterocycles. The minimum Gasteiger partial charge on any atom is -0.493 e. The standard InChI is InChI=1S/C19H23N3O2/c1-2-24-17-10-6-3-7-15(17)11-12-19(23)21-18-13-14-20-22(18)16-8-4-5-9-16/h3,6-7,10-14,16H,2,4-5,8-9H2,1H3,(H,21,23)/b12-11+. The predicted molar refractivity (Wildman–Crippen MR) is 95.0 cm³/mol. The van der Waals surface area contributed by atoms with Crippen LogP contribution in [0, 0.1) is 0 Å². The Bertz CT molecular complexity index is 715. The molecule has 1 aromatic carbocycles. The summed E-state index contributed by atoms with van der Waals surface area (Å²) in [6.45, 7) is 2.54. The van der Waals surface area contributed by atoms with Gasteiger partial charge in [0.2, 0.25) is 5.91 Å². The number of amides is 1. The largest absolute Gasteiger partial charge is 0.493 e. The number of ether oxygens (including phenoxy) is 1. The number of aromatic nitrogens is 2. The van der Waals surface area contributed by atoms with Crippen LogP contribution in [0.3, 0.4) is 0 Å². The summed E-state index contributed by atoms with van der Waals surface area (Å²) < 4.78 is 7.50. The lowest BCUT2D eigenvalue weighted by Crippen LogP contribution is -2.15. The Morgan fingerprint density at radius 3 is 2.92 bits per heavy atom. The normalized spacial score (nSPS) is 15.0. The van der Waals surface area contributed by atoms with Gasteiger partial charge < -0.3 is 10.1 Å². The molecule has 5 heteroatoms. The van der Waals surface area contributed by atoms with Gasteiger partial charge in [0.25, 0.3) is 0 Å². The van der Waals surface area contributed by atoms with E-state index in [1.54, 1.807) is 12.3 Å². The average Bonchev–Trinajstić information content (AvgIpc) is 3.25. The Labute approximate surface area is 142 Å². The first-order chi connectivity index (χ1) is 11.8. The van der Waals surface area contributed by atoms with Crippen LogP contribution < -0.4 is 10.1 Å². The van der Waals surface area contributed by atoms with Crippen LogP contribution in [0.15, 0.2) is 42.6 Å². The number of benzene rings is 1. The molecule has 24 heavy (non-hydrogen) atoms. The fourth-order valence-corrected chi connectivity index (χ4v) is 3.09. The highest BCUT2D eigenvalue weighted by Gasteiger charge is 2.20. The number of nitrogens with one attached hydrogen (secondary N) is 1. The monoisotopic (exact) mass is 325 g/mol. The van der Waals surface area contributed by atoms with Gasteiger partial charge in [-0.3, -0.25) is 4.79 Å². The molecular weight excluding hydrogens is 302 g/mol. The summed E-state index contributed by atoms with van der Waals surface area (Å²) in [6, 6.07) is 9.92. The Hall–Kier alpha value is -2.56. The van der Waals surface area contributed by atoms with Crippen molar-refractivity contribution in [2.24, 2.45) is 0 Å². The lowest BCUT2D eigenvalue weighted by Gasteiger charge is -2.14. The number of carbonyl (C=O) groups excluding carboxylic acids is 1. The van der Waals surface area contributed by atoms with Gasteiger partial charge in [-0.25, -0.2) is 4.68 Å². The third-order valence-corrected chi connectivity index (χ3v) is 4.23. The van der Waals surface area contributed by atoms with Gasteiger partial charge in [0.1, 0.15) is 11.6 Å². The molecule has 1 saturated carbocycles. The molecule has 0 spiro atoms. The third-order valence-electron chi connectivity index (χ3n) is 4.23. The van der Waals surface area contributed by atoms with Crippen molar-refractivity contribution >= 4 is 17.8 Å². The highest BCUT2D eigenvalue weighted by atomic mass is 16.5. The first-order valence-corrected chi connectivity index (χ1v) is 8.52. The van der Waals surface area contributed by atoms with Crippen molar-refractivity contribution in [1.29, 1.82) is 0 Å². The Kier molecular flexibility index (Phi) is 5.31. The van der Waals surface area contributed by atoms with Crippen molar-refractivity contribution in [3.8, 4) is 5.75 Å². The molecule has 1 N–H and O–H groups in total. The highest BCUT2D eigenvalue weighted by molar-refractivity contribution is 6.01. The van der Waals surface area contributed by atoms with Gasteiger partial charge >= 0.3 is 0 Å². The zero-order valence-corrected chi connectivity index (χ0v) is 13.9. The van der Waals surface area contributed by atoms with Gasteiger partial charge in [-0.2, -0.15) is 5.10 Å². The second-order valence-electron chi connectivity index (χ2n) is 5.89. The Balaban J connectivity index is 1.67. The quantitative estimate of drug-likeness (QED) is 0.815. The second kappa shape index (κ2) is 7.81. The van der Waals surface area contributed by atoms with Gasteiger partial charge in [-0.15, -0.1) is 0 Å². The van der Waals surface area contributed by atoms with Crippen LogP contribution in [0.25, 0.3) is 6.08 Å². The van der Waals surface area contributed by atoms with Crippen molar-refractivity contribution in [3.63, 3.8) is 0 Å². The molecule has 126 valence electrons. The van der Waals surface area contributed by atoms with Crippen LogP contribution in [0.2, 0.25) is 0 Å². The second-order valence-corrected chi connectivity index (χ2v) is 5.89. The minimum absolute atomic E-state index is 0.166. The average molecular weight is 325 g/mol. The summed E-state index contributed by atoms with van der Waals surface area (Å²) in [4.78, 5) is 12.2. The van der Waals surface area contributed by atoms with E-state index in [0.29, 0.717) is 12.6 Å². The van der Waals surface area contributed by atoms with Crippen LogP contribution in [-0.2, 0) is 4.79 Å². The first kappa shape index (κ1) is 16.3. The lowest BCUT2D eigenvalue weighted by atomic mass is 10.2. The molecule has 1 fully saturated rings. The van der Waals surface area contributed by atoms with E-state index in [2.05, 4.69) is 10.4 Å². The SMILES string of the molecule is CCOc1ccccc1/C=C/C(=O)Nc1ccnn1C1CCCC1. The van der Waals surface area contributed by atoms with Crippen LogP contribution in [0.4, 0.5) is 5.82 Å². The van der Waals surface area contributed by atoms with E-state index in [-0.39, 0.29) is 5.91 Å². The van der Waals surface area contributed by atoms with Gasteiger partial charge in [0.05, 0.1) is 18.8 Å². The van der Waals surface area contributed by atoms with Gasteiger partial charge in [-0.1, -0.05) is 31.0 Å². The summed E-state index contributed by atoms with van der Waals surface area (Å²) in [5, 5.41) is 7.29. The smallest absolute Gasteiger partial charge is 0.249 e. The van der Waals surface area contributed by atoms with Gasteiger partial charge in [0, 0.05) is 17.7 Å². The third kappa shape index (κ3) is 3.85. The number of carbonyl (C=O) groups is 1. The van der Waals surface area contributed by atoms with Crippen molar-refractivity contribution in [2.75, 3.05) is 11.9 Å². The van der Waals surface area contributed by atoms with Crippen molar-refractivity contribution in [3.05, 3.63) is 48.2 Å². The maximum absolute atomic E-state index is 12.2. The maximum atomic E-state index is 12.2. The fraction of sp³-hybridized carbons (Fsp3) is 0.368. The fourth-order valence-electron chi connectivity index (χ4n) is 3.09. The summed E-state index contributed by atoms with van der Waals surface area (Å²) in [5.41, 5.74) is 0.888. The summed E-state index contributed by atoms with van der Waals surface area (Å²) >= 11 is 0. The number of hydrogen-bond donors (Lipinski definition) is 1. The van der Waals surface area contributed by atoms with Crippen LogP contribution in [0.5, 0.6) is 5.75 Å².